The third kappa shape index (κ3) is 2.04. The molecule has 80 valence electrons. The zero-order valence-electron chi connectivity index (χ0n) is 8.62. The van der Waals surface area contributed by atoms with E-state index >= 15 is 0 Å². The number of nitrogens with zero attached hydrogens (tertiary/aromatic N) is 1. The van der Waals surface area contributed by atoms with E-state index in [1.165, 1.54) is 0 Å². The van der Waals surface area contributed by atoms with Gasteiger partial charge in [-0.1, -0.05) is 0 Å². The molecule has 1 heterocycles. The summed E-state index contributed by atoms with van der Waals surface area (Å²) in [6, 6.07) is -0.663. The highest BCUT2D eigenvalue weighted by Gasteiger charge is 2.32. The predicted octanol–water partition coefficient (Wildman–Crippen LogP) is -0.929. The molecule has 3 N–H and O–H groups in total. The Morgan fingerprint density at radius 1 is 1.71 bits per heavy atom. The second kappa shape index (κ2) is 4.41. The Hall–Kier alpha value is -1.10. The number of carbonyl (C=O) groups is 2. The minimum atomic E-state index is -0.501. The highest BCUT2D eigenvalue weighted by Crippen LogP contribution is 2.14. The Morgan fingerprint density at radius 3 is 2.86 bits per heavy atom. The van der Waals surface area contributed by atoms with Crippen LogP contribution in [0.2, 0.25) is 0 Å². The normalized spacial score (nSPS) is 24.9. The average molecular weight is 199 g/mol. The number of likely N-dealkylation sites (tertiary alicyclic amines) is 1. The number of nitrogens with one attached hydrogen (secondary N) is 1. The molecule has 0 radical (unpaired) electrons. The molecule has 0 saturated carbocycles. The molecule has 2 atom stereocenters. The summed E-state index contributed by atoms with van der Waals surface area (Å²) < 4.78 is 0. The summed E-state index contributed by atoms with van der Waals surface area (Å²) in [6.07, 6.45) is 1.74. The van der Waals surface area contributed by atoms with Gasteiger partial charge in [0.05, 0.1) is 6.04 Å². The summed E-state index contributed by atoms with van der Waals surface area (Å²) in [4.78, 5) is 24.3. The molecule has 1 aliphatic rings. The highest BCUT2D eigenvalue weighted by atomic mass is 16.2. The van der Waals surface area contributed by atoms with Gasteiger partial charge in [0.15, 0.2) is 0 Å². The molecule has 0 bridgehead atoms. The van der Waals surface area contributed by atoms with Crippen molar-refractivity contribution >= 4 is 11.8 Å². The lowest BCUT2D eigenvalue weighted by atomic mass is 10.0. The second-order valence-electron chi connectivity index (χ2n) is 3.59. The molecule has 1 rings (SSSR count). The van der Waals surface area contributed by atoms with Gasteiger partial charge in [0.25, 0.3) is 0 Å². The number of hydrogen-bond acceptors (Lipinski definition) is 3. The molecule has 1 aliphatic heterocycles. The van der Waals surface area contributed by atoms with Crippen LogP contribution in [0.5, 0.6) is 0 Å². The van der Waals surface area contributed by atoms with Crippen LogP contribution >= 0.6 is 0 Å². The van der Waals surface area contributed by atoms with Crippen LogP contribution in [-0.4, -0.2) is 42.4 Å². The van der Waals surface area contributed by atoms with Crippen LogP contribution < -0.4 is 11.1 Å². The first-order chi connectivity index (χ1) is 6.57. The van der Waals surface area contributed by atoms with Gasteiger partial charge in [-0.25, -0.2) is 0 Å². The van der Waals surface area contributed by atoms with E-state index in [0.717, 1.165) is 12.8 Å². The monoisotopic (exact) mass is 199 g/mol. The summed E-state index contributed by atoms with van der Waals surface area (Å²) in [5.74, 6) is -0.472. The fourth-order valence-corrected chi connectivity index (χ4v) is 1.71. The molecule has 0 spiro atoms. The summed E-state index contributed by atoms with van der Waals surface area (Å²) in [7, 11) is 1.75. The molecule has 0 aromatic heterocycles. The number of carbonyl (C=O) groups excluding carboxylic acids is 2. The lowest BCUT2D eigenvalue weighted by Gasteiger charge is -2.34. The molecule has 0 aromatic carbocycles. The van der Waals surface area contributed by atoms with E-state index in [-0.39, 0.29) is 11.9 Å². The van der Waals surface area contributed by atoms with Crippen LogP contribution in [-0.2, 0) is 9.59 Å². The van der Waals surface area contributed by atoms with Crippen LogP contribution in [0.3, 0.4) is 0 Å². The maximum Gasteiger partial charge on any atom is 0.240 e. The van der Waals surface area contributed by atoms with Crippen LogP contribution in [0.15, 0.2) is 0 Å². The zero-order chi connectivity index (χ0) is 10.7. The Balaban J connectivity index is 2.69. The fourth-order valence-electron chi connectivity index (χ4n) is 1.71. The summed E-state index contributed by atoms with van der Waals surface area (Å²) >= 11 is 0. The molecule has 0 aromatic rings. The molecule has 2 unspecified atom stereocenters. The Bertz CT molecular complexity index is 242. The average Bonchev–Trinajstić information content (AvgIpc) is 2.17. The van der Waals surface area contributed by atoms with E-state index < -0.39 is 11.9 Å². The van der Waals surface area contributed by atoms with Gasteiger partial charge in [0.2, 0.25) is 11.8 Å². The van der Waals surface area contributed by atoms with Gasteiger partial charge in [0.1, 0.15) is 6.04 Å². The van der Waals surface area contributed by atoms with Gasteiger partial charge in [-0.3, -0.25) is 9.59 Å². The Labute approximate surface area is 83.6 Å². The van der Waals surface area contributed by atoms with Crippen molar-refractivity contribution < 1.29 is 9.59 Å². The van der Waals surface area contributed by atoms with Gasteiger partial charge < -0.3 is 16.0 Å². The topological polar surface area (TPSA) is 75.4 Å². The summed E-state index contributed by atoms with van der Waals surface area (Å²) in [5.41, 5.74) is 5.16. The largest absolute Gasteiger partial charge is 0.368 e. The molecule has 5 nitrogen and oxygen atoms in total. The quantitative estimate of drug-likeness (QED) is 0.616. The number of piperidine rings is 1. The lowest BCUT2D eigenvalue weighted by Crippen LogP contribution is -2.55. The smallest absolute Gasteiger partial charge is 0.240 e. The number of primary amides is 1. The first-order valence-corrected chi connectivity index (χ1v) is 4.85. The summed E-state index contributed by atoms with van der Waals surface area (Å²) in [5, 5.41) is 2.93. The molecular weight excluding hydrogens is 182 g/mol. The SMILES string of the molecule is CNC1CCCN(C(C)C(N)=O)C1=O. The van der Waals surface area contributed by atoms with E-state index in [0.29, 0.717) is 6.54 Å². The van der Waals surface area contributed by atoms with E-state index in [1.807, 2.05) is 0 Å². The lowest BCUT2D eigenvalue weighted by molar-refractivity contribution is -0.142. The fraction of sp³-hybridized carbons (Fsp3) is 0.778. The molecular formula is C9H17N3O2. The molecule has 14 heavy (non-hydrogen) atoms. The van der Waals surface area contributed by atoms with Crippen molar-refractivity contribution in [2.75, 3.05) is 13.6 Å². The molecule has 0 aliphatic carbocycles. The van der Waals surface area contributed by atoms with Crippen molar-refractivity contribution in [2.45, 2.75) is 31.8 Å². The number of hydrogen-bond donors (Lipinski definition) is 2. The number of amides is 2. The molecule has 2 amide bonds. The van der Waals surface area contributed by atoms with Gasteiger partial charge in [-0.15, -0.1) is 0 Å². The first kappa shape index (κ1) is 11.0. The second-order valence-corrected chi connectivity index (χ2v) is 3.59. The zero-order valence-corrected chi connectivity index (χ0v) is 8.62. The molecule has 1 fully saturated rings. The van der Waals surface area contributed by atoms with Gasteiger partial charge in [-0.05, 0) is 26.8 Å². The van der Waals surface area contributed by atoms with Crippen LogP contribution in [0.4, 0.5) is 0 Å². The van der Waals surface area contributed by atoms with Gasteiger partial charge >= 0.3 is 0 Å². The minimum absolute atomic E-state index is 0.0231. The molecule has 1 saturated heterocycles. The van der Waals surface area contributed by atoms with E-state index in [4.69, 9.17) is 5.73 Å². The van der Waals surface area contributed by atoms with Crippen molar-refractivity contribution in [1.82, 2.24) is 10.2 Å². The van der Waals surface area contributed by atoms with Gasteiger partial charge in [0, 0.05) is 6.54 Å². The number of likely N-dealkylation sites (N-methyl/N-ethyl adjacent to an activating group) is 1. The van der Waals surface area contributed by atoms with Crippen LogP contribution in [0, 0.1) is 0 Å². The Morgan fingerprint density at radius 2 is 2.36 bits per heavy atom. The van der Waals surface area contributed by atoms with E-state index in [2.05, 4.69) is 5.32 Å². The van der Waals surface area contributed by atoms with Crippen LogP contribution in [0.1, 0.15) is 19.8 Å². The number of rotatable bonds is 3. The third-order valence-corrected chi connectivity index (χ3v) is 2.70. The number of nitrogens with two attached hydrogens (primary N) is 1. The van der Waals surface area contributed by atoms with Gasteiger partial charge in [-0.2, -0.15) is 0 Å². The maximum atomic E-state index is 11.8. The van der Waals surface area contributed by atoms with Crippen molar-refractivity contribution in [3.8, 4) is 0 Å². The van der Waals surface area contributed by atoms with Crippen LogP contribution in [0.25, 0.3) is 0 Å². The van der Waals surface area contributed by atoms with Crippen molar-refractivity contribution in [3.05, 3.63) is 0 Å². The van der Waals surface area contributed by atoms with E-state index in [1.54, 1.807) is 18.9 Å². The minimum Gasteiger partial charge on any atom is -0.368 e. The third-order valence-electron chi connectivity index (χ3n) is 2.70. The molecule has 5 heteroatoms. The maximum absolute atomic E-state index is 11.8. The van der Waals surface area contributed by atoms with Crippen molar-refractivity contribution in [2.24, 2.45) is 5.73 Å². The standard InChI is InChI=1S/C9H17N3O2/c1-6(8(10)13)12-5-3-4-7(11-2)9(12)14/h6-7,11H,3-5H2,1-2H3,(H2,10,13). The highest BCUT2D eigenvalue weighted by molar-refractivity contribution is 5.89. The van der Waals surface area contributed by atoms with Crippen molar-refractivity contribution in [3.63, 3.8) is 0 Å². The van der Waals surface area contributed by atoms with Crippen molar-refractivity contribution in [1.29, 1.82) is 0 Å². The predicted molar refractivity (Wildman–Crippen MR) is 52.5 cm³/mol. The van der Waals surface area contributed by atoms with E-state index in [9.17, 15) is 9.59 Å². The first-order valence-electron chi connectivity index (χ1n) is 4.85. The Kier molecular flexibility index (Phi) is 3.46. The summed E-state index contributed by atoms with van der Waals surface area (Å²) in [6.45, 7) is 2.29.